The van der Waals surface area contributed by atoms with E-state index in [0.717, 1.165) is 57.8 Å². The smallest absolute Gasteiger partial charge is 0.309 e. The molecule has 146 valence electrons. The highest BCUT2D eigenvalue weighted by atomic mass is 16.5. The van der Waals surface area contributed by atoms with E-state index in [0.29, 0.717) is 18.4 Å². The van der Waals surface area contributed by atoms with Gasteiger partial charge in [-0.25, -0.2) is 0 Å². The third kappa shape index (κ3) is 8.08. The van der Waals surface area contributed by atoms with Crippen molar-refractivity contribution in [3.05, 3.63) is 0 Å². The Hall–Kier alpha value is -1.30. The summed E-state index contributed by atoms with van der Waals surface area (Å²) in [5.74, 6) is 1.90. The maximum Gasteiger partial charge on any atom is 0.309 e. The average Bonchev–Trinajstić information content (AvgIpc) is 2.58. The number of aliphatic hydroxyl groups excluding tert-OH is 1. The second kappa shape index (κ2) is 12.1. The normalized spacial score (nSPS) is 17.7. The van der Waals surface area contributed by atoms with E-state index in [9.17, 15) is 9.90 Å². The summed E-state index contributed by atoms with van der Waals surface area (Å²) in [6.45, 7) is 12.2. The van der Waals surface area contributed by atoms with Crippen LogP contribution in [0.25, 0.3) is 0 Å². The van der Waals surface area contributed by atoms with E-state index in [1.807, 2.05) is 6.92 Å². The van der Waals surface area contributed by atoms with Gasteiger partial charge in [-0.15, -0.1) is 0 Å². The fourth-order valence-electron chi connectivity index (χ4n) is 3.36. The number of nitrogens with zero attached hydrogens (tertiary/aromatic N) is 2. The summed E-state index contributed by atoms with van der Waals surface area (Å²) in [6, 6.07) is 0. The highest BCUT2D eigenvalue weighted by Crippen LogP contribution is 2.20. The van der Waals surface area contributed by atoms with Gasteiger partial charge in [-0.2, -0.15) is 0 Å². The zero-order valence-corrected chi connectivity index (χ0v) is 16.5. The zero-order chi connectivity index (χ0) is 18.7. The molecule has 0 aliphatic carbocycles. The number of hydrogen-bond acceptors (Lipinski definition) is 4. The highest BCUT2D eigenvalue weighted by Gasteiger charge is 2.27. The minimum absolute atomic E-state index is 0.0159. The lowest BCUT2D eigenvalue weighted by atomic mass is 9.94. The zero-order valence-electron chi connectivity index (χ0n) is 16.5. The van der Waals surface area contributed by atoms with Crippen LogP contribution in [-0.4, -0.2) is 61.3 Å². The molecular weight excluding hydrogens is 318 g/mol. The molecule has 0 radical (unpaired) electrons. The molecule has 0 aromatic carbocycles. The number of guanidine groups is 1. The highest BCUT2D eigenvalue weighted by molar-refractivity contribution is 5.80. The summed E-state index contributed by atoms with van der Waals surface area (Å²) in [5.41, 5.74) is 0. The summed E-state index contributed by atoms with van der Waals surface area (Å²) in [6.07, 6.45) is 3.50. The van der Waals surface area contributed by atoms with Crippen molar-refractivity contribution in [1.82, 2.24) is 10.2 Å². The number of piperidine rings is 1. The molecule has 1 unspecified atom stereocenters. The van der Waals surface area contributed by atoms with Gasteiger partial charge < -0.3 is 20.1 Å². The van der Waals surface area contributed by atoms with Gasteiger partial charge >= 0.3 is 5.97 Å². The van der Waals surface area contributed by atoms with E-state index in [2.05, 4.69) is 31.0 Å². The van der Waals surface area contributed by atoms with E-state index >= 15 is 0 Å². The van der Waals surface area contributed by atoms with Crippen LogP contribution in [0.5, 0.6) is 0 Å². The van der Waals surface area contributed by atoms with Crippen LogP contribution in [0.1, 0.15) is 53.4 Å². The predicted molar refractivity (Wildman–Crippen MR) is 102 cm³/mol. The standard InChI is InChI=1S/C19H37N3O3/c1-5-20-19(21-14-16(9-12-23)13-15(3)4)22-10-7-17(8-11-22)18(24)25-6-2/h15-17,23H,5-14H2,1-4H3,(H,20,21). The van der Waals surface area contributed by atoms with Gasteiger partial charge in [-0.3, -0.25) is 9.79 Å². The van der Waals surface area contributed by atoms with Gasteiger partial charge in [-0.05, 0) is 51.4 Å². The quantitative estimate of drug-likeness (QED) is 0.377. The molecule has 1 aliphatic rings. The number of likely N-dealkylation sites (tertiary alicyclic amines) is 1. The van der Waals surface area contributed by atoms with E-state index in [1.54, 1.807) is 0 Å². The molecule has 1 fully saturated rings. The molecular formula is C19H37N3O3. The van der Waals surface area contributed by atoms with Crippen molar-refractivity contribution in [3.8, 4) is 0 Å². The Kier molecular flexibility index (Phi) is 10.5. The molecule has 0 amide bonds. The van der Waals surface area contributed by atoms with Crippen LogP contribution in [-0.2, 0) is 9.53 Å². The van der Waals surface area contributed by atoms with Crippen LogP contribution in [0.3, 0.4) is 0 Å². The Balaban J connectivity index is 2.62. The summed E-state index contributed by atoms with van der Waals surface area (Å²) >= 11 is 0. The van der Waals surface area contributed by atoms with Crippen LogP contribution < -0.4 is 5.32 Å². The SMILES string of the molecule is CCNC(=NCC(CCO)CC(C)C)N1CCC(C(=O)OCC)CC1. The number of aliphatic hydroxyl groups is 1. The Morgan fingerprint density at radius 1 is 1.32 bits per heavy atom. The molecule has 0 spiro atoms. The molecule has 0 saturated carbocycles. The summed E-state index contributed by atoms with van der Waals surface area (Å²) in [7, 11) is 0. The van der Waals surface area contributed by atoms with Gasteiger partial charge in [0, 0.05) is 32.8 Å². The van der Waals surface area contributed by atoms with E-state index < -0.39 is 0 Å². The van der Waals surface area contributed by atoms with Crippen LogP contribution in [0.15, 0.2) is 4.99 Å². The molecule has 1 rings (SSSR count). The molecule has 0 aromatic rings. The largest absolute Gasteiger partial charge is 0.466 e. The van der Waals surface area contributed by atoms with Gasteiger partial charge in [0.2, 0.25) is 0 Å². The fraction of sp³-hybridized carbons (Fsp3) is 0.895. The topological polar surface area (TPSA) is 74.2 Å². The number of nitrogens with one attached hydrogen (secondary N) is 1. The Morgan fingerprint density at radius 3 is 2.52 bits per heavy atom. The minimum atomic E-state index is -0.0657. The van der Waals surface area contributed by atoms with Gasteiger partial charge in [-0.1, -0.05) is 13.8 Å². The lowest BCUT2D eigenvalue weighted by molar-refractivity contribution is -0.149. The first-order chi connectivity index (χ1) is 12.0. The second-order valence-corrected chi connectivity index (χ2v) is 7.22. The first-order valence-corrected chi connectivity index (χ1v) is 9.82. The maximum absolute atomic E-state index is 11.9. The summed E-state index contributed by atoms with van der Waals surface area (Å²) < 4.78 is 5.14. The van der Waals surface area contributed by atoms with Crippen molar-refractivity contribution in [2.45, 2.75) is 53.4 Å². The lowest BCUT2D eigenvalue weighted by Gasteiger charge is -2.33. The molecule has 0 bridgehead atoms. The summed E-state index contributed by atoms with van der Waals surface area (Å²) in [5, 5.41) is 12.6. The molecule has 0 aromatic heterocycles. The second-order valence-electron chi connectivity index (χ2n) is 7.22. The van der Waals surface area contributed by atoms with Gasteiger partial charge in [0.05, 0.1) is 12.5 Å². The van der Waals surface area contributed by atoms with Crippen molar-refractivity contribution in [3.63, 3.8) is 0 Å². The Bertz CT molecular complexity index is 405. The molecule has 1 heterocycles. The number of hydrogen-bond donors (Lipinski definition) is 2. The van der Waals surface area contributed by atoms with E-state index in [-0.39, 0.29) is 18.5 Å². The van der Waals surface area contributed by atoms with Gasteiger partial charge in [0.15, 0.2) is 5.96 Å². The van der Waals surface area contributed by atoms with Crippen molar-refractivity contribution in [1.29, 1.82) is 0 Å². The molecule has 1 atom stereocenters. The van der Waals surface area contributed by atoms with Crippen molar-refractivity contribution >= 4 is 11.9 Å². The van der Waals surface area contributed by atoms with Crippen LogP contribution in [0.2, 0.25) is 0 Å². The number of ether oxygens (including phenoxy) is 1. The van der Waals surface area contributed by atoms with Gasteiger partial charge in [0.1, 0.15) is 0 Å². The molecule has 1 aliphatic heterocycles. The Labute approximate surface area is 153 Å². The predicted octanol–water partition coefficient (Wildman–Crippen LogP) is 2.27. The summed E-state index contributed by atoms with van der Waals surface area (Å²) in [4.78, 5) is 18.9. The van der Waals surface area contributed by atoms with Crippen molar-refractivity contribution in [2.75, 3.05) is 39.4 Å². The van der Waals surface area contributed by atoms with E-state index in [1.165, 1.54) is 0 Å². The number of aliphatic imine (C=N–C) groups is 1. The lowest BCUT2D eigenvalue weighted by Crippen LogP contribution is -2.47. The maximum atomic E-state index is 11.9. The number of carbonyl (C=O) groups excluding carboxylic acids is 1. The molecule has 6 nitrogen and oxygen atoms in total. The average molecular weight is 356 g/mol. The third-order valence-corrected chi connectivity index (χ3v) is 4.59. The van der Waals surface area contributed by atoms with Crippen LogP contribution >= 0.6 is 0 Å². The molecule has 25 heavy (non-hydrogen) atoms. The van der Waals surface area contributed by atoms with Crippen molar-refractivity contribution < 1.29 is 14.6 Å². The Morgan fingerprint density at radius 2 is 2.00 bits per heavy atom. The monoisotopic (exact) mass is 355 g/mol. The molecule has 1 saturated heterocycles. The van der Waals surface area contributed by atoms with Crippen LogP contribution in [0, 0.1) is 17.8 Å². The molecule has 6 heteroatoms. The van der Waals surface area contributed by atoms with Gasteiger partial charge in [0.25, 0.3) is 0 Å². The van der Waals surface area contributed by atoms with Crippen molar-refractivity contribution in [2.24, 2.45) is 22.7 Å². The minimum Gasteiger partial charge on any atom is -0.466 e. The number of esters is 1. The van der Waals surface area contributed by atoms with E-state index in [4.69, 9.17) is 9.73 Å². The number of rotatable bonds is 9. The first kappa shape index (κ1) is 21.7. The third-order valence-electron chi connectivity index (χ3n) is 4.59. The fourth-order valence-corrected chi connectivity index (χ4v) is 3.36. The molecule has 2 N–H and O–H groups in total. The number of carbonyl (C=O) groups is 1. The van der Waals surface area contributed by atoms with Crippen LogP contribution in [0.4, 0.5) is 0 Å². The first-order valence-electron chi connectivity index (χ1n) is 9.82.